The summed E-state index contributed by atoms with van der Waals surface area (Å²) in [5, 5.41) is 11.5. The molecule has 2 amide bonds. The highest BCUT2D eigenvalue weighted by Crippen LogP contribution is 2.03. The van der Waals surface area contributed by atoms with Crippen LogP contribution >= 0.6 is 0 Å². The number of benzene rings is 1. The average molecular weight is 386 g/mol. The molecule has 2 N–H and O–H groups in total. The van der Waals surface area contributed by atoms with Crippen molar-refractivity contribution in [1.82, 2.24) is 10.2 Å². The first kappa shape index (κ1) is 20.9. The van der Waals surface area contributed by atoms with Crippen molar-refractivity contribution in [3.63, 3.8) is 0 Å². The van der Waals surface area contributed by atoms with Gasteiger partial charge in [-0.15, -0.1) is 0 Å². The molecule has 0 unspecified atom stereocenters. The fraction of sp³-hybridized carbons (Fsp3) is 0.300. The predicted molar refractivity (Wildman–Crippen MR) is 100 cm³/mol. The molecule has 148 valence electrons. The number of carbonyl (C=O) groups excluding carboxylic acids is 2. The largest absolute Gasteiger partial charge is 0.480 e. The molecule has 0 saturated carbocycles. The molecular formula is C20H24N3O5+. The van der Waals surface area contributed by atoms with E-state index >= 15 is 0 Å². The number of likely N-dealkylation sites (N-methyl/N-ethyl adjacent to an activating group) is 1. The van der Waals surface area contributed by atoms with E-state index in [4.69, 9.17) is 9.84 Å². The van der Waals surface area contributed by atoms with Crippen molar-refractivity contribution < 1.29 is 28.8 Å². The number of pyridine rings is 1. The van der Waals surface area contributed by atoms with Gasteiger partial charge in [0.2, 0.25) is 0 Å². The van der Waals surface area contributed by atoms with Gasteiger partial charge in [-0.25, -0.2) is 4.79 Å². The van der Waals surface area contributed by atoms with Gasteiger partial charge in [0.15, 0.2) is 12.4 Å². The minimum Gasteiger partial charge on any atom is -0.480 e. The summed E-state index contributed by atoms with van der Waals surface area (Å²) in [6.07, 6.45) is 3.34. The van der Waals surface area contributed by atoms with Crippen LogP contribution in [0.1, 0.15) is 22.8 Å². The van der Waals surface area contributed by atoms with Crippen LogP contribution < -0.4 is 9.88 Å². The lowest BCUT2D eigenvalue weighted by molar-refractivity contribution is -0.727. The average Bonchev–Trinajstić information content (AvgIpc) is 2.66. The van der Waals surface area contributed by atoms with Crippen molar-refractivity contribution in [3.8, 4) is 0 Å². The van der Waals surface area contributed by atoms with Gasteiger partial charge in [0.25, 0.3) is 12.6 Å². The second kappa shape index (κ2) is 10.1. The second-order valence-corrected chi connectivity index (χ2v) is 6.45. The number of hydrogen-bond acceptors (Lipinski definition) is 4. The fourth-order valence-electron chi connectivity index (χ4n) is 2.58. The Kier molecular flexibility index (Phi) is 7.50. The fourth-order valence-corrected chi connectivity index (χ4v) is 2.58. The highest BCUT2D eigenvalue weighted by Gasteiger charge is 2.16. The number of rotatable bonds is 8. The number of carboxylic acid groups (broad SMARTS) is 1. The van der Waals surface area contributed by atoms with Gasteiger partial charge in [0.05, 0.1) is 5.56 Å². The van der Waals surface area contributed by atoms with Crippen LogP contribution in [-0.4, -0.2) is 47.6 Å². The molecule has 1 heterocycles. The van der Waals surface area contributed by atoms with Gasteiger partial charge in [-0.1, -0.05) is 30.3 Å². The molecule has 2 aromatic rings. The SMILES string of the molecule is C[C@@H](Cc1ccccc1)NC(=O)OC[n+]1ccc(C(=O)N(C)CC(=O)O)cc1. The number of hydrogen-bond donors (Lipinski definition) is 2. The van der Waals surface area contributed by atoms with Crippen molar-refractivity contribution in [2.24, 2.45) is 0 Å². The molecular weight excluding hydrogens is 362 g/mol. The van der Waals surface area contributed by atoms with E-state index in [1.54, 1.807) is 29.1 Å². The molecule has 0 aliphatic rings. The number of alkyl carbamates (subject to hydrolysis) is 1. The molecule has 0 bridgehead atoms. The third-order valence-corrected chi connectivity index (χ3v) is 3.95. The molecule has 0 aliphatic heterocycles. The van der Waals surface area contributed by atoms with Gasteiger partial charge in [0.1, 0.15) is 6.54 Å². The summed E-state index contributed by atoms with van der Waals surface area (Å²) in [6.45, 7) is 1.51. The van der Waals surface area contributed by atoms with Gasteiger partial charge in [-0.05, 0) is 18.9 Å². The Morgan fingerprint density at radius 1 is 1.14 bits per heavy atom. The zero-order chi connectivity index (χ0) is 20.5. The smallest absolute Gasteiger partial charge is 0.412 e. The Hall–Kier alpha value is -3.42. The number of aliphatic carboxylic acids is 1. The highest BCUT2D eigenvalue weighted by atomic mass is 16.6. The van der Waals surface area contributed by atoms with Crippen LogP contribution in [0.2, 0.25) is 0 Å². The van der Waals surface area contributed by atoms with Gasteiger partial charge < -0.3 is 20.1 Å². The monoisotopic (exact) mass is 386 g/mol. The first-order valence-corrected chi connectivity index (χ1v) is 8.78. The van der Waals surface area contributed by atoms with Crippen LogP contribution in [0.5, 0.6) is 0 Å². The summed E-state index contributed by atoms with van der Waals surface area (Å²) >= 11 is 0. The van der Waals surface area contributed by atoms with Crippen molar-refractivity contribution in [1.29, 1.82) is 0 Å². The second-order valence-electron chi connectivity index (χ2n) is 6.45. The lowest BCUT2D eigenvalue weighted by Crippen LogP contribution is -2.41. The van der Waals surface area contributed by atoms with Crippen molar-refractivity contribution in [2.45, 2.75) is 26.1 Å². The molecule has 0 spiro atoms. The van der Waals surface area contributed by atoms with E-state index in [2.05, 4.69) is 5.32 Å². The minimum atomic E-state index is -1.08. The predicted octanol–water partition coefficient (Wildman–Crippen LogP) is 1.45. The van der Waals surface area contributed by atoms with E-state index in [0.717, 1.165) is 10.5 Å². The first-order valence-electron chi connectivity index (χ1n) is 8.78. The van der Waals surface area contributed by atoms with E-state index in [1.165, 1.54) is 7.05 Å². The van der Waals surface area contributed by atoms with E-state index in [0.29, 0.717) is 12.0 Å². The number of amides is 2. The standard InChI is InChI=1S/C20H23N3O5/c1-15(12-16-6-4-3-5-7-16)21-20(27)28-14-23-10-8-17(9-11-23)19(26)22(2)13-18(24)25/h3-11,15H,12-14H2,1-2H3,(H-,21,24,25,27)/p+1/t15-/m0/s1. The molecule has 0 aliphatic carbocycles. The summed E-state index contributed by atoms with van der Waals surface area (Å²) in [5.41, 5.74) is 1.47. The summed E-state index contributed by atoms with van der Waals surface area (Å²) in [5.74, 6) is -1.48. The topological polar surface area (TPSA) is 99.8 Å². The highest BCUT2D eigenvalue weighted by molar-refractivity contribution is 5.95. The Balaban J connectivity index is 1.80. The molecule has 1 aromatic heterocycles. The molecule has 0 radical (unpaired) electrons. The Morgan fingerprint density at radius 2 is 1.79 bits per heavy atom. The van der Waals surface area contributed by atoms with Crippen LogP contribution in [0.3, 0.4) is 0 Å². The number of nitrogens with zero attached hydrogens (tertiary/aromatic N) is 2. The number of carboxylic acids is 1. The lowest BCUT2D eigenvalue weighted by atomic mass is 10.1. The third kappa shape index (κ3) is 6.71. The van der Waals surface area contributed by atoms with Gasteiger partial charge >= 0.3 is 12.1 Å². The van der Waals surface area contributed by atoms with Crippen LogP contribution in [0, 0.1) is 0 Å². The zero-order valence-corrected chi connectivity index (χ0v) is 15.9. The summed E-state index contributed by atoms with van der Waals surface area (Å²) in [6, 6.07) is 12.8. The van der Waals surface area contributed by atoms with Crippen LogP contribution in [0.4, 0.5) is 4.79 Å². The first-order chi connectivity index (χ1) is 13.3. The lowest BCUT2D eigenvalue weighted by Gasteiger charge is -2.14. The van der Waals surface area contributed by atoms with E-state index in [1.807, 2.05) is 37.3 Å². The maximum Gasteiger partial charge on any atom is 0.412 e. The van der Waals surface area contributed by atoms with Crippen molar-refractivity contribution in [2.75, 3.05) is 13.6 Å². The van der Waals surface area contributed by atoms with Crippen LogP contribution in [0.25, 0.3) is 0 Å². The van der Waals surface area contributed by atoms with Gasteiger partial charge in [0, 0.05) is 25.2 Å². The number of carbonyl (C=O) groups is 3. The molecule has 2 rings (SSSR count). The Labute approximate surface area is 163 Å². The molecule has 0 fully saturated rings. The number of nitrogens with one attached hydrogen (secondary N) is 1. The Morgan fingerprint density at radius 3 is 2.39 bits per heavy atom. The quantitative estimate of drug-likeness (QED) is 0.669. The summed E-state index contributed by atoms with van der Waals surface area (Å²) in [4.78, 5) is 35.8. The third-order valence-electron chi connectivity index (χ3n) is 3.95. The van der Waals surface area contributed by atoms with Crippen molar-refractivity contribution >= 4 is 18.0 Å². The van der Waals surface area contributed by atoms with Gasteiger partial charge in [-0.2, -0.15) is 4.57 Å². The molecule has 28 heavy (non-hydrogen) atoms. The molecule has 1 aromatic carbocycles. The Bertz CT molecular complexity index is 808. The van der Waals surface area contributed by atoms with E-state index in [-0.39, 0.29) is 19.3 Å². The number of aromatic nitrogens is 1. The maximum atomic E-state index is 12.1. The molecule has 8 nitrogen and oxygen atoms in total. The molecule has 1 atom stereocenters. The number of ether oxygens (including phenoxy) is 1. The zero-order valence-electron chi connectivity index (χ0n) is 15.9. The van der Waals surface area contributed by atoms with Crippen LogP contribution in [0.15, 0.2) is 54.9 Å². The molecule has 8 heteroatoms. The summed E-state index contributed by atoms with van der Waals surface area (Å²) < 4.78 is 6.77. The van der Waals surface area contributed by atoms with E-state index in [9.17, 15) is 14.4 Å². The maximum absolute atomic E-state index is 12.1. The molecule has 0 saturated heterocycles. The van der Waals surface area contributed by atoms with E-state index < -0.39 is 18.0 Å². The van der Waals surface area contributed by atoms with Crippen molar-refractivity contribution in [3.05, 3.63) is 66.0 Å². The minimum absolute atomic E-state index is 0.0106. The normalized spacial score (nSPS) is 11.4. The summed E-state index contributed by atoms with van der Waals surface area (Å²) in [7, 11) is 1.42. The van der Waals surface area contributed by atoms with Crippen LogP contribution in [-0.2, 0) is 22.7 Å². The van der Waals surface area contributed by atoms with Gasteiger partial charge in [-0.3, -0.25) is 9.59 Å².